The highest BCUT2D eigenvalue weighted by atomic mass is 79.9. The van der Waals surface area contributed by atoms with Crippen molar-refractivity contribution in [3.8, 4) is 5.75 Å². The van der Waals surface area contributed by atoms with Crippen molar-refractivity contribution in [2.24, 2.45) is 0 Å². The number of benzene rings is 3. The Kier molecular flexibility index (Phi) is 6.54. The van der Waals surface area contributed by atoms with Crippen LogP contribution in [0.1, 0.15) is 23.6 Å². The van der Waals surface area contributed by atoms with Crippen LogP contribution in [0, 0.1) is 13.8 Å². The predicted molar refractivity (Wildman–Crippen MR) is 118 cm³/mol. The minimum atomic E-state index is -0.758. The average molecular weight is 455 g/mol. The number of carbonyl (C=O) groups is 2. The van der Waals surface area contributed by atoms with E-state index in [1.54, 1.807) is 6.92 Å². The number of hydrazine groups is 1. The van der Waals surface area contributed by atoms with Crippen molar-refractivity contribution >= 4 is 38.5 Å². The maximum absolute atomic E-state index is 12.3. The van der Waals surface area contributed by atoms with Crippen molar-refractivity contribution in [1.82, 2.24) is 10.9 Å². The van der Waals surface area contributed by atoms with E-state index >= 15 is 0 Å². The van der Waals surface area contributed by atoms with E-state index in [1.165, 1.54) is 0 Å². The molecule has 6 heteroatoms. The lowest BCUT2D eigenvalue weighted by molar-refractivity contribution is -0.132. The SMILES string of the molecule is Cc1cc(Br)cc(C)c1OC(C)C(=O)NNC(=O)Cc1cccc2ccccc12. The second-order valence-corrected chi connectivity index (χ2v) is 7.90. The number of hydrogen-bond acceptors (Lipinski definition) is 3. The molecule has 29 heavy (non-hydrogen) atoms. The van der Waals surface area contributed by atoms with Crippen molar-refractivity contribution in [2.45, 2.75) is 33.3 Å². The van der Waals surface area contributed by atoms with Crippen LogP contribution in [0.3, 0.4) is 0 Å². The van der Waals surface area contributed by atoms with Gasteiger partial charge in [-0.25, -0.2) is 0 Å². The molecule has 0 fully saturated rings. The number of nitrogens with one attached hydrogen (secondary N) is 2. The second-order valence-electron chi connectivity index (χ2n) is 6.98. The van der Waals surface area contributed by atoms with Crippen molar-refractivity contribution in [3.63, 3.8) is 0 Å². The van der Waals surface area contributed by atoms with Gasteiger partial charge < -0.3 is 4.74 Å². The van der Waals surface area contributed by atoms with Crippen molar-refractivity contribution in [2.75, 3.05) is 0 Å². The van der Waals surface area contributed by atoms with E-state index in [1.807, 2.05) is 68.4 Å². The third kappa shape index (κ3) is 5.15. The molecule has 3 aromatic carbocycles. The summed E-state index contributed by atoms with van der Waals surface area (Å²) in [6.07, 6.45) is -0.589. The quantitative estimate of drug-likeness (QED) is 0.562. The first-order chi connectivity index (χ1) is 13.8. The van der Waals surface area contributed by atoms with Gasteiger partial charge in [-0.15, -0.1) is 0 Å². The molecule has 1 atom stereocenters. The van der Waals surface area contributed by atoms with Crippen LogP contribution in [0.2, 0.25) is 0 Å². The molecular weight excluding hydrogens is 432 g/mol. The zero-order valence-corrected chi connectivity index (χ0v) is 18.2. The number of rotatable bonds is 5. The number of hydrogen-bond donors (Lipinski definition) is 2. The van der Waals surface area contributed by atoms with Gasteiger partial charge in [0.1, 0.15) is 5.75 Å². The van der Waals surface area contributed by atoms with E-state index in [9.17, 15) is 9.59 Å². The molecule has 0 aliphatic heterocycles. The Morgan fingerprint density at radius 2 is 1.66 bits per heavy atom. The molecule has 3 aromatic rings. The third-order valence-corrected chi connectivity index (χ3v) is 5.10. The van der Waals surface area contributed by atoms with Gasteiger partial charge in [0.15, 0.2) is 6.10 Å². The minimum Gasteiger partial charge on any atom is -0.480 e. The van der Waals surface area contributed by atoms with Gasteiger partial charge in [0.25, 0.3) is 5.91 Å². The highest BCUT2D eigenvalue weighted by molar-refractivity contribution is 9.10. The Morgan fingerprint density at radius 3 is 2.38 bits per heavy atom. The first kappa shape index (κ1) is 20.9. The fourth-order valence-corrected chi connectivity index (χ4v) is 3.90. The van der Waals surface area contributed by atoms with Gasteiger partial charge in [-0.05, 0) is 60.4 Å². The van der Waals surface area contributed by atoms with Crippen molar-refractivity contribution in [3.05, 3.63) is 75.8 Å². The number of amides is 2. The summed E-state index contributed by atoms with van der Waals surface area (Å²) in [6, 6.07) is 17.6. The summed E-state index contributed by atoms with van der Waals surface area (Å²) in [5.41, 5.74) is 7.68. The molecule has 1 unspecified atom stereocenters. The second kappa shape index (κ2) is 9.09. The normalized spacial score (nSPS) is 11.7. The summed E-state index contributed by atoms with van der Waals surface area (Å²) < 4.78 is 6.77. The van der Waals surface area contributed by atoms with Gasteiger partial charge in [0.2, 0.25) is 5.91 Å². The van der Waals surface area contributed by atoms with Crippen molar-refractivity contribution < 1.29 is 14.3 Å². The van der Waals surface area contributed by atoms with Crippen molar-refractivity contribution in [1.29, 1.82) is 0 Å². The maximum atomic E-state index is 12.3. The van der Waals surface area contributed by atoms with Crippen LogP contribution in [0.25, 0.3) is 10.8 Å². The molecule has 150 valence electrons. The van der Waals surface area contributed by atoms with Crippen LogP contribution in [0.4, 0.5) is 0 Å². The maximum Gasteiger partial charge on any atom is 0.279 e. The predicted octanol–water partition coefficient (Wildman–Crippen LogP) is 4.38. The highest BCUT2D eigenvalue weighted by Crippen LogP contribution is 2.28. The molecule has 0 aliphatic rings. The van der Waals surface area contributed by atoms with Crippen LogP contribution in [0.15, 0.2) is 59.1 Å². The third-order valence-electron chi connectivity index (χ3n) is 4.65. The minimum absolute atomic E-state index is 0.168. The van der Waals surface area contributed by atoms with E-state index in [-0.39, 0.29) is 12.3 Å². The van der Waals surface area contributed by atoms with E-state index in [2.05, 4.69) is 26.8 Å². The van der Waals surface area contributed by atoms with E-state index in [4.69, 9.17) is 4.74 Å². The lowest BCUT2D eigenvalue weighted by Crippen LogP contribution is -2.47. The van der Waals surface area contributed by atoms with Gasteiger partial charge in [-0.2, -0.15) is 0 Å². The van der Waals surface area contributed by atoms with E-state index < -0.39 is 12.0 Å². The number of halogens is 1. The fourth-order valence-electron chi connectivity index (χ4n) is 3.21. The summed E-state index contributed by atoms with van der Waals surface area (Å²) in [5.74, 6) is -0.0474. The van der Waals surface area contributed by atoms with Crippen LogP contribution in [-0.2, 0) is 16.0 Å². The van der Waals surface area contributed by atoms with Crippen LogP contribution in [-0.4, -0.2) is 17.9 Å². The lowest BCUT2D eigenvalue weighted by Gasteiger charge is -2.18. The Bertz CT molecular complexity index is 1040. The summed E-state index contributed by atoms with van der Waals surface area (Å²) >= 11 is 3.44. The first-order valence-corrected chi connectivity index (χ1v) is 10.1. The van der Waals surface area contributed by atoms with Crippen LogP contribution >= 0.6 is 15.9 Å². The molecule has 0 aliphatic carbocycles. The molecule has 0 radical (unpaired) electrons. The number of ether oxygens (including phenoxy) is 1. The van der Waals surface area contributed by atoms with Gasteiger partial charge in [-0.3, -0.25) is 20.4 Å². The Morgan fingerprint density at radius 1 is 1.00 bits per heavy atom. The molecular formula is C23H23BrN2O3. The molecule has 0 saturated heterocycles. The molecule has 3 rings (SSSR count). The van der Waals surface area contributed by atoms with E-state index in [0.717, 1.165) is 31.9 Å². The van der Waals surface area contributed by atoms with Gasteiger partial charge in [0.05, 0.1) is 6.42 Å². The topological polar surface area (TPSA) is 67.4 Å². The zero-order chi connectivity index (χ0) is 21.0. The fraction of sp³-hybridized carbons (Fsp3) is 0.217. The monoisotopic (exact) mass is 454 g/mol. The largest absolute Gasteiger partial charge is 0.480 e. The lowest BCUT2D eigenvalue weighted by atomic mass is 10.0. The molecule has 0 saturated carbocycles. The molecule has 0 spiro atoms. The van der Waals surface area contributed by atoms with Gasteiger partial charge in [0, 0.05) is 4.47 Å². The van der Waals surface area contributed by atoms with Crippen LogP contribution < -0.4 is 15.6 Å². The highest BCUT2D eigenvalue weighted by Gasteiger charge is 2.18. The standard InChI is InChI=1S/C23H23BrN2O3/c1-14-11-19(24)12-15(2)22(14)29-16(3)23(28)26-25-21(27)13-18-9-6-8-17-7-4-5-10-20(17)18/h4-12,16H,13H2,1-3H3,(H,25,27)(H,26,28). The van der Waals surface area contributed by atoms with Gasteiger partial charge >= 0.3 is 0 Å². The summed E-state index contributed by atoms with van der Waals surface area (Å²) in [4.78, 5) is 24.7. The number of carbonyl (C=O) groups excluding carboxylic acids is 2. The van der Waals surface area contributed by atoms with Crippen LogP contribution in [0.5, 0.6) is 5.75 Å². The summed E-state index contributed by atoms with van der Waals surface area (Å²) in [5, 5.41) is 2.10. The Balaban J connectivity index is 1.58. The zero-order valence-electron chi connectivity index (χ0n) is 16.6. The molecule has 5 nitrogen and oxygen atoms in total. The molecule has 2 N–H and O–H groups in total. The molecule has 0 heterocycles. The average Bonchev–Trinajstić information content (AvgIpc) is 2.69. The molecule has 0 bridgehead atoms. The summed E-state index contributed by atoms with van der Waals surface area (Å²) in [6.45, 7) is 5.49. The molecule has 0 aromatic heterocycles. The first-order valence-electron chi connectivity index (χ1n) is 9.34. The van der Waals surface area contributed by atoms with Gasteiger partial charge in [-0.1, -0.05) is 58.4 Å². The molecule has 2 amide bonds. The Labute approximate surface area is 178 Å². The summed E-state index contributed by atoms with van der Waals surface area (Å²) in [7, 11) is 0. The Hall–Kier alpha value is -2.86. The number of aryl methyl sites for hydroxylation is 2. The smallest absolute Gasteiger partial charge is 0.279 e. The van der Waals surface area contributed by atoms with E-state index in [0.29, 0.717) is 5.75 Å². The number of fused-ring (bicyclic) bond motifs is 1.